The number of fused-ring (bicyclic) bond motifs is 1. The number of anilines is 2. The lowest BCUT2D eigenvalue weighted by molar-refractivity contribution is 0.1000. The number of carbonyl (C=O) groups is 2. The van der Waals surface area contributed by atoms with Crippen LogP contribution in [0.1, 0.15) is 27.2 Å². The summed E-state index contributed by atoms with van der Waals surface area (Å²) in [6.07, 6.45) is 2.61. The lowest BCUT2D eigenvalue weighted by atomic mass is 9.91. The van der Waals surface area contributed by atoms with Crippen LogP contribution in [-0.4, -0.2) is 37.0 Å². The predicted octanol–water partition coefficient (Wildman–Crippen LogP) is 3.99. The average Bonchev–Trinajstić information content (AvgIpc) is 2.93. The van der Waals surface area contributed by atoms with E-state index in [1.165, 1.54) is 11.3 Å². The highest BCUT2D eigenvalue weighted by Gasteiger charge is 2.29. The molecule has 0 spiro atoms. The highest BCUT2D eigenvalue weighted by Crippen LogP contribution is 2.38. The Balaban J connectivity index is 0.00000261. The first-order valence-electron chi connectivity index (χ1n) is 8.29. The van der Waals surface area contributed by atoms with E-state index in [0.29, 0.717) is 27.3 Å². The van der Waals surface area contributed by atoms with Crippen molar-refractivity contribution in [2.45, 2.75) is 25.3 Å². The summed E-state index contributed by atoms with van der Waals surface area (Å²) in [5.41, 5.74) is 7.62. The summed E-state index contributed by atoms with van der Waals surface area (Å²) in [4.78, 5) is 27.6. The minimum absolute atomic E-state index is 0. The first-order chi connectivity index (χ1) is 12.3. The van der Waals surface area contributed by atoms with Crippen molar-refractivity contribution in [3.05, 3.63) is 45.3 Å². The summed E-state index contributed by atoms with van der Waals surface area (Å²) in [6.45, 7) is 0. The Hall–Kier alpha value is -1.80. The molecular weight excluding hydrogens is 407 g/mol. The van der Waals surface area contributed by atoms with Crippen molar-refractivity contribution in [1.82, 2.24) is 4.90 Å². The van der Waals surface area contributed by atoms with E-state index in [1.54, 1.807) is 24.3 Å². The first kappa shape index (κ1) is 21.5. The molecule has 1 unspecified atom stereocenters. The monoisotopic (exact) mass is 428 g/mol. The van der Waals surface area contributed by atoms with Gasteiger partial charge in [0.2, 0.25) is 0 Å². The van der Waals surface area contributed by atoms with Crippen molar-refractivity contribution in [3.8, 4) is 0 Å². The van der Waals surface area contributed by atoms with E-state index in [-0.39, 0.29) is 12.4 Å². The lowest BCUT2D eigenvalue weighted by Gasteiger charge is -2.28. The van der Waals surface area contributed by atoms with Crippen molar-refractivity contribution >= 4 is 58.0 Å². The van der Waals surface area contributed by atoms with Crippen LogP contribution >= 0.6 is 35.3 Å². The number of amides is 3. The first-order valence-corrected chi connectivity index (χ1v) is 9.49. The number of nitrogens with zero attached hydrogens (tertiary/aromatic N) is 1. The second kappa shape index (κ2) is 8.93. The maximum Gasteiger partial charge on any atom is 0.324 e. The minimum atomic E-state index is -0.507. The molecule has 3 rings (SSSR count). The quantitative estimate of drug-likeness (QED) is 0.687. The second-order valence-corrected chi connectivity index (χ2v) is 8.06. The van der Waals surface area contributed by atoms with Crippen LogP contribution in [0.3, 0.4) is 0 Å². The van der Waals surface area contributed by atoms with Gasteiger partial charge < -0.3 is 16.0 Å². The molecule has 0 saturated heterocycles. The van der Waals surface area contributed by atoms with Crippen LogP contribution in [0.15, 0.2) is 24.3 Å². The van der Waals surface area contributed by atoms with E-state index in [4.69, 9.17) is 17.3 Å². The fourth-order valence-electron chi connectivity index (χ4n) is 3.16. The van der Waals surface area contributed by atoms with Gasteiger partial charge in [0.15, 0.2) is 0 Å². The van der Waals surface area contributed by atoms with Gasteiger partial charge in [0.1, 0.15) is 5.00 Å². The number of hydrogen-bond acceptors (Lipinski definition) is 4. The molecule has 0 radical (unpaired) electrons. The highest BCUT2D eigenvalue weighted by atomic mass is 35.5. The Morgan fingerprint density at radius 1 is 1.22 bits per heavy atom. The number of rotatable bonds is 4. The Bertz CT molecular complexity index is 837. The van der Waals surface area contributed by atoms with Gasteiger partial charge in [-0.15, -0.1) is 23.7 Å². The van der Waals surface area contributed by atoms with Gasteiger partial charge in [-0.1, -0.05) is 11.6 Å². The van der Waals surface area contributed by atoms with Crippen LogP contribution in [-0.2, 0) is 12.8 Å². The molecule has 1 aliphatic rings. The summed E-state index contributed by atoms with van der Waals surface area (Å²) in [5, 5.41) is 6.60. The molecule has 1 aliphatic carbocycles. The van der Waals surface area contributed by atoms with Gasteiger partial charge in [-0.3, -0.25) is 10.1 Å². The number of primary amides is 1. The maximum absolute atomic E-state index is 12.3. The van der Waals surface area contributed by atoms with Crippen LogP contribution in [0.5, 0.6) is 0 Å². The number of likely N-dealkylation sites (N-methyl/N-ethyl adjacent to an activating group) is 1. The molecule has 1 atom stereocenters. The van der Waals surface area contributed by atoms with Crippen LogP contribution < -0.4 is 16.4 Å². The number of halogens is 2. The molecule has 1 aromatic carbocycles. The third kappa shape index (κ3) is 4.93. The molecule has 9 heteroatoms. The van der Waals surface area contributed by atoms with Crippen LogP contribution in [0, 0.1) is 0 Å². The third-order valence-corrected chi connectivity index (χ3v) is 5.97. The van der Waals surface area contributed by atoms with E-state index in [2.05, 4.69) is 29.6 Å². The van der Waals surface area contributed by atoms with Gasteiger partial charge in [-0.2, -0.15) is 0 Å². The number of nitrogens with one attached hydrogen (secondary N) is 2. The van der Waals surface area contributed by atoms with E-state index in [0.717, 1.165) is 29.7 Å². The topological polar surface area (TPSA) is 87.5 Å². The van der Waals surface area contributed by atoms with Crippen molar-refractivity contribution in [3.63, 3.8) is 0 Å². The Labute approximate surface area is 173 Å². The summed E-state index contributed by atoms with van der Waals surface area (Å²) in [7, 11) is 4.11. The number of hydrogen-bond donors (Lipinski definition) is 3. The van der Waals surface area contributed by atoms with Gasteiger partial charge in [-0.25, -0.2) is 4.79 Å². The van der Waals surface area contributed by atoms with Crippen molar-refractivity contribution in [2.24, 2.45) is 5.73 Å². The highest BCUT2D eigenvalue weighted by molar-refractivity contribution is 7.17. The summed E-state index contributed by atoms with van der Waals surface area (Å²) in [5.74, 6) is -0.507. The number of thiophene rings is 1. The van der Waals surface area contributed by atoms with E-state index in [1.807, 2.05) is 0 Å². The van der Waals surface area contributed by atoms with E-state index < -0.39 is 11.9 Å². The van der Waals surface area contributed by atoms with E-state index >= 15 is 0 Å². The molecule has 2 aromatic rings. The molecular formula is C18H22Cl2N4O2S. The Kier molecular flexibility index (Phi) is 7.11. The third-order valence-electron chi connectivity index (χ3n) is 4.55. The number of urea groups is 1. The molecule has 4 N–H and O–H groups in total. The largest absolute Gasteiger partial charge is 0.365 e. The number of carbonyl (C=O) groups excluding carboxylic acids is 2. The molecule has 27 heavy (non-hydrogen) atoms. The molecule has 3 amide bonds. The SMILES string of the molecule is CN(C)C1CCc2c(sc(NC(=O)Nc3ccc(Cl)cc3)c2C(N)=O)C1.Cl. The van der Waals surface area contributed by atoms with Gasteiger partial charge in [0.25, 0.3) is 5.91 Å². The molecule has 0 bridgehead atoms. The molecule has 1 heterocycles. The normalized spacial score (nSPS) is 15.6. The maximum atomic E-state index is 12.3. The Morgan fingerprint density at radius 3 is 2.48 bits per heavy atom. The van der Waals surface area contributed by atoms with Gasteiger partial charge in [0.05, 0.1) is 5.56 Å². The standard InChI is InChI=1S/C18H21ClN4O2S.ClH/c1-23(2)12-7-8-13-14(9-12)26-17(15(13)16(20)24)22-18(25)21-11-5-3-10(19)4-6-11;/h3-6,12H,7-9H2,1-2H3,(H2,20,24)(H2,21,22,25);1H. The van der Waals surface area contributed by atoms with Crippen molar-refractivity contribution in [2.75, 3.05) is 24.7 Å². The summed E-state index contributed by atoms with van der Waals surface area (Å²) < 4.78 is 0. The van der Waals surface area contributed by atoms with Crippen LogP contribution in [0.25, 0.3) is 0 Å². The van der Waals surface area contributed by atoms with Gasteiger partial charge in [-0.05, 0) is 63.2 Å². The zero-order chi connectivity index (χ0) is 18.8. The molecule has 0 fully saturated rings. The smallest absolute Gasteiger partial charge is 0.324 e. The van der Waals surface area contributed by atoms with Crippen molar-refractivity contribution < 1.29 is 9.59 Å². The molecule has 146 valence electrons. The summed E-state index contributed by atoms with van der Waals surface area (Å²) in [6, 6.07) is 6.81. The number of benzene rings is 1. The predicted molar refractivity (Wildman–Crippen MR) is 114 cm³/mol. The zero-order valence-electron chi connectivity index (χ0n) is 15.0. The average molecular weight is 429 g/mol. The van der Waals surface area contributed by atoms with Crippen LogP contribution in [0.2, 0.25) is 5.02 Å². The Morgan fingerprint density at radius 2 is 1.89 bits per heavy atom. The lowest BCUT2D eigenvalue weighted by Crippen LogP contribution is -2.33. The fraction of sp³-hybridized carbons (Fsp3) is 0.333. The van der Waals surface area contributed by atoms with Crippen molar-refractivity contribution in [1.29, 1.82) is 0 Å². The molecule has 1 aromatic heterocycles. The summed E-state index contributed by atoms with van der Waals surface area (Å²) >= 11 is 7.28. The zero-order valence-corrected chi connectivity index (χ0v) is 17.4. The van der Waals surface area contributed by atoms with Gasteiger partial charge in [0, 0.05) is 21.6 Å². The fourth-order valence-corrected chi connectivity index (χ4v) is 4.60. The molecule has 0 saturated carbocycles. The molecule has 0 aliphatic heterocycles. The van der Waals surface area contributed by atoms with Gasteiger partial charge >= 0.3 is 6.03 Å². The van der Waals surface area contributed by atoms with Crippen LogP contribution in [0.4, 0.5) is 15.5 Å². The number of nitrogens with two attached hydrogens (primary N) is 1. The second-order valence-electron chi connectivity index (χ2n) is 6.52. The minimum Gasteiger partial charge on any atom is -0.365 e. The van der Waals surface area contributed by atoms with E-state index in [9.17, 15) is 9.59 Å². The molecule has 6 nitrogen and oxygen atoms in total.